The van der Waals surface area contributed by atoms with Gasteiger partial charge in [0.1, 0.15) is 5.82 Å². The minimum absolute atomic E-state index is 0.300. The van der Waals surface area contributed by atoms with Gasteiger partial charge in [0.25, 0.3) is 5.91 Å². The summed E-state index contributed by atoms with van der Waals surface area (Å²) in [6.07, 6.45) is -4.94. The molecule has 1 aromatic carbocycles. The van der Waals surface area contributed by atoms with Crippen molar-refractivity contribution in [2.24, 2.45) is 0 Å². The first kappa shape index (κ1) is 14.9. The van der Waals surface area contributed by atoms with E-state index in [9.17, 15) is 27.2 Å². The van der Waals surface area contributed by atoms with Crippen molar-refractivity contribution < 1.29 is 37.1 Å². The molecular weight excluding hydrogens is 274 g/mol. The van der Waals surface area contributed by atoms with Crippen molar-refractivity contribution in [2.45, 2.75) is 6.18 Å². The quantitative estimate of drug-likeness (QED) is 0.649. The third-order valence-corrected chi connectivity index (χ3v) is 1.89. The van der Waals surface area contributed by atoms with Crippen LogP contribution in [0.25, 0.3) is 0 Å². The number of rotatable bonds is 4. The molecular formula is C10H7F4NO4. The number of carbonyl (C=O) groups is 2. The molecule has 0 bridgehead atoms. The molecule has 0 aliphatic heterocycles. The van der Waals surface area contributed by atoms with Gasteiger partial charge < -0.3 is 5.11 Å². The van der Waals surface area contributed by atoms with E-state index in [2.05, 4.69) is 4.84 Å². The number of benzene rings is 1. The van der Waals surface area contributed by atoms with E-state index in [1.165, 1.54) is 0 Å². The largest absolute Gasteiger partial charge is 0.479 e. The third kappa shape index (κ3) is 4.21. The zero-order chi connectivity index (χ0) is 14.6. The predicted molar refractivity (Wildman–Crippen MR) is 52.5 cm³/mol. The maximum absolute atomic E-state index is 12.9. The van der Waals surface area contributed by atoms with Gasteiger partial charge in [-0.1, -0.05) is 0 Å². The standard InChI is InChI=1S/C10H7F4NO4/c11-7-2-1-5(3-6(7)10(12,13)14)9(18)15-19-4-8(16)17/h1-3H,4H2,(H,15,18)(H,16,17). The maximum atomic E-state index is 12.9. The SMILES string of the molecule is O=C(O)CONC(=O)c1ccc(F)c(C(F)(F)F)c1. The van der Waals surface area contributed by atoms with Crippen LogP contribution in [0, 0.1) is 5.82 Å². The second-order valence-electron chi connectivity index (χ2n) is 3.31. The van der Waals surface area contributed by atoms with Gasteiger partial charge in [0.2, 0.25) is 0 Å². The summed E-state index contributed by atoms with van der Waals surface area (Å²) >= 11 is 0. The fourth-order valence-electron chi connectivity index (χ4n) is 1.11. The molecule has 0 fully saturated rings. The highest BCUT2D eigenvalue weighted by Gasteiger charge is 2.34. The smallest absolute Gasteiger partial charge is 0.419 e. The van der Waals surface area contributed by atoms with Gasteiger partial charge in [-0.2, -0.15) is 13.2 Å². The maximum Gasteiger partial charge on any atom is 0.419 e. The average molecular weight is 281 g/mol. The van der Waals surface area contributed by atoms with Gasteiger partial charge in [-0.25, -0.2) is 14.7 Å². The van der Waals surface area contributed by atoms with Gasteiger partial charge in [-0.05, 0) is 18.2 Å². The summed E-state index contributed by atoms with van der Waals surface area (Å²) in [5.74, 6) is -4.02. The monoisotopic (exact) mass is 281 g/mol. The van der Waals surface area contributed by atoms with Crippen LogP contribution >= 0.6 is 0 Å². The van der Waals surface area contributed by atoms with Gasteiger partial charge in [0, 0.05) is 5.56 Å². The molecule has 0 saturated carbocycles. The Balaban J connectivity index is 2.84. The Hall–Kier alpha value is -2.16. The Kier molecular flexibility index (Phi) is 4.43. The second-order valence-corrected chi connectivity index (χ2v) is 3.31. The Morgan fingerprint density at radius 1 is 1.32 bits per heavy atom. The lowest BCUT2D eigenvalue weighted by Gasteiger charge is -2.10. The number of hydroxylamine groups is 1. The third-order valence-electron chi connectivity index (χ3n) is 1.89. The predicted octanol–water partition coefficient (Wildman–Crippen LogP) is 1.59. The number of amides is 1. The molecule has 0 saturated heterocycles. The summed E-state index contributed by atoms with van der Waals surface area (Å²) in [6, 6.07) is 1.59. The minimum atomic E-state index is -4.94. The van der Waals surface area contributed by atoms with Crippen LogP contribution in [-0.4, -0.2) is 23.6 Å². The molecule has 0 heterocycles. The van der Waals surface area contributed by atoms with Crippen LogP contribution in [0.15, 0.2) is 18.2 Å². The van der Waals surface area contributed by atoms with Gasteiger partial charge in [-0.3, -0.25) is 9.63 Å². The molecule has 1 aromatic rings. The molecule has 104 valence electrons. The molecule has 2 N–H and O–H groups in total. The van der Waals surface area contributed by atoms with E-state index in [0.29, 0.717) is 12.1 Å². The first-order valence-electron chi connectivity index (χ1n) is 4.72. The van der Waals surface area contributed by atoms with Crippen LogP contribution in [0.3, 0.4) is 0 Å². The van der Waals surface area contributed by atoms with E-state index >= 15 is 0 Å². The Morgan fingerprint density at radius 3 is 2.47 bits per heavy atom. The van der Waals surface area contributed by atoms with Gasteiger partial charge in [0.15, 0.2) is 6.61 Å². The van der Waals surface area contributed by atoms with E-state index in [4.69, 9.17) is 5.11 Å². The fourth-order valence-corrected chi connectivity index (χ4v) is 1.11. The number of alkyl halides is 3. The van der Waals surface area contributed by atoms with Crippen molar-refractivity contribution in [1.29, 1.82) is 0 Å². The van der Waals surface area contributed by atoms with Crippen molar-refractivity contribution in [2.75, 3.05) is 6.61 Å². The molecule has 0 aliphatic carbocycles. The lowest BCUT2D eigenvalue weighted by molar-refractivity contribution is -0.144. The molecule has 0 aromatic heterocycles. The average Bonchev–Trinajstić information content (AvgIpc) is 2.27. The van der Waals surface area contributed by atoms with Crippen molar-refractivity contribution in [1.82, 2.24) is 5.48 Å². The highest BCUT2D eigenvalue weighted by Crippen LogP contribution is 2.31. The number of carboxylic acids is 1. The first-order valence-corrected chi connectivity index (χ1v) is 4.72. The molecule has 5 nitrogen and oxygen atoms in total. The summed E-state index contributed by atoms with van der Waals surface area (Å²) in [7, 11) is 0. The summed E-state index contributed by atoms with van der Waals surface area (Å²) in [5.41, 5.74) is -0.495. The Bertz CT molecular complexity index is 501. The van der Waals surface area contributed by atoms with E-state index in [1.54, 1.807) is 5.48 Å². The number of aliphatic carboxylic acids is 1. The molecule has 0 spiro atoms. The first-order chi connectivity index (χ1) is 8.71. The van der Waals surface area contributed by atoms with E-state index < -0.39 is 41.6 Å². The molecule has 0 atom stereocenters. The van der Waals surface area contributed by atoms with Crippen LogP contribution in [-0.2, 0) is 15.8 Å². The minimum Gasteiger partial charge on any atom is -0.479 e. The highest BCUT2D eigenvalue weighted by molar-refractivity contribution is 5.93. The zero-order valence-corrected chi connectivity index (χ0v) is 9.12. The Morgan fingerprint density at radius 2 is 1.95 bits per heavy atom. The number of halogens is 4. The summed E-state index contributed by atoms with van der Waals surface area (Å²) < 4.78 is 50.0. The van der Waals surface area contributed by atoms with Crippen molar-refractivity contribution in [3.8, 4) is 0 Å². The van der Waals surface area contributed by atoms with Gasteiger partial charge in [0.05, 0.1) is 5.56 Å². The van der Waals surface area contributed by atoms with Gasteiger partial charge >= 0.3 is 12.1 Å². The van der Waals surface area contributed by atoms with Gasteiger partial charge in [-0.15, -0.1) is 0 Å². The summed E-state index contributed by atoms with van der Waals surface area (Å²) in [4.78, 5) is 25.6. The van der Waals surface area contributed by atoms with E-state index in [1.807, 2.05) is 0 Å². The normalized spacial score (nSPS) is 11.2. The zero-order valence-electron chi connectivity index (χ0n) is 9.12. The van der Waals surface area contributed by atoms with Crippen LogP contribution < -0.4 is 5.48 Å². The summed E-state index contributed by atoms with van der Waals surface area (Å²) in [5, 5.41) is 8.21. The Labute approximate surface area is 103 Å². The molecule has 1 amide bonds. The highest BCUT2D eigenvalue weighted by atomic mass is 19.4. The van der Waals surface area contributed by atoms with E-state index in [-0.39, 0.29) is 0 Å². The van der Waals surface area contributed by atoms with Crippen LogP contribution in [0.4, 0.5) is 17.6 Å². The molecule has 0 radical (unpaired) electrons. The second kappa shape index (κ2) is 5.65. The van der Waals surface area contributed by atoms with Crippen molar-refractivity contribution in [3.05, 3.63) is 35.1 Å². The summed E-state index contributed by atoms with van der Waals surface area (Å²) in [6.45, 7) is -0.862. The number of carbonyl (C=O) groups excluding carboxylic acids is 1. The van der Waals surface area contributed by atoms with Crippen molar-refractivity contribution >= 4 is 11.9 Å². The molecule has 19 heavy (non-hydrogen) atoms. The van der Waals surface area contributed by atoms with Crippen LogP contribution in [0.5, 0.6) is 0 Å². The topological polar surface area (TPSA) is 75.6 Å². The number of carboxylic acid groups (broad SMARTS) is 1. The molecule has 0 unspecified atom stereocenters. The fraction of sp³-hybridized carbons (Fsp3) is 0.200. The number of hydrogen-bond acceptors (Lipinski definition) is 3. The molecule has 1 rings (SSSR count). The lowest BCUT2D eigenvalue weighted by Crippen LogP contribution is -2.27. The lowest BCUT2D eigenvalue weighted by atomic mass is 10.1. The van der Waals surface area contributed by atoms with Crippen LogP contribution in [0.2, 0.25) is 0 Å². The van der Waals surface area contributed by atoms with Crippen molar-refractivity contribution in [3.63, 3.8) is 0 Å². The van der Waals surface area contributed by atoms with E-state index in [0.717, 1.165) is 6.07 Å². The molecule has 0 aliphatic rings. The number of nitrogens with one attached hydrogen (secondary N) is 1. The van der Waals surface area contributed by atoms with Crippen LogP contribution in [0.1, 0.15) is 15.9 Å². The number of hydrogen-bond donors (Lipinski definition) is 2. The molecule has 9 heteroatoms.